The summed E-state index contributed by atoms with van der Waals surface area (Å²) in [7, 11) is 0. The van der Waals surface area contributed by atoms with E-state index in [2.05, 4.69) is 10.6 Å². The van der Waals surface area contributed by atoms with Crippen molar-refractivity contribution in [3.05, 3.63) is 58.9 Å². The van der Waals surface area contributed by atoms with E-state index in [0.29, 0.717) is 5.69 Å². The van der Waals surface area contributed by atoms with Crippen LogP contribution >= 0.6 is 11.6 Å². The smallest absolute Gasteiger partial charge is 0.376 e. The van der Waals surface area contributed by atoms with Crippen LogP contribution in [-0.2, 0) is 11.0 Å². The first-order chi connectivity index (χ1) is 10.8. The second-order valence-electron chi connectivity index (χ2n) is 4.60. The van der Waals surface area contributed by atoms with Crippen molar-refractivity contribution in [3.8, 4) is 0 Å². The van der Waals surface area contributed by atoms with Gasteiger partial charge in [-0.3, -0.25) is 4.79 Å². The molecule has 0 heterocycles. The van der Waals surface area contributed by atoms with E-state index < -0.39 is 28.5 Å². The number of halogens is 5. The lowest BCUT2D eigenvalue weighted by molar-refractivity contribution is -0.137. The Kier molecular flexibility index (Phi) is 5.10. The predicted octanol–water partition coefficient (Wildman–Crippen LogP) is 4.55. The highest BCUT2D eigenvalue weighted by Crippen LogP contribution is 2.36. The van der Waals surface area contributed by atoms with Crippen LogP contribution in [0.25, 0.3) is 0 Å². The highest BCUT2D eigenvalue weighted by molar-refractivity contribution is 6.31. The van der Waals surface area contributed by atoms with E-state index in [1.165, 1.54) is 30.3 Å². The van der Waals surface area contributed by atoms with Gasteiger partial charge in [-0.05, 0) is 42.5 Å². The number of carbonyl (C=O) groups excluding carboxylic acids is 1. The predicted molar refractivity (Wildman–Crippen MR) is 80.0 cm³/mol. The van der Waals surface area contributed by atoms with Crippen molar-refractivity contribution < 1.29 is 22.4 Å². The van der Waals surface area contributed by atoms with Gasteiger partial charge >= 0.3 is 6.18 Å². The van der Waals surface area contributed by atoms with Gasteiger partial charge in [0.2, 0.25) is 5.91 Å². The second kappa shape index (κ2) is 6.87. The third kappa shape index (κ3) is 4.85. The molecule has 2 aromatic rings. The molecule has 0 aliphatic heterocycles. The van der Waals surface area contributed by atoms with Gasteiger partial charge in [0.1, 0.15) is 5.82 Å². The molecule has 0 radical (unpaired) electrons. The fourth-order valence-corrected chi connectivity index (χ4v) is 2.00. The van der Waals surface area contributed by atoms with E-state index in [1.807, 2.05) is 0 Å². The zero-order chi connectivity index (χ0) is 17.0. The SMILES string of the molecule is O=C(CNc1ccc(Cl)c(C(F)(F)F)c1)Nc1ccc(F)cc1. The number of benzene rings is 2. The van der Waals surface area contributed by atoms with Crippen LogP contribution in [0.3, 0.4) is 0 Å². The lowest BCUT2D eigenvalue weighted by Gasteiger charge is -2.12. The third-order valence-electron chi connectivity index (χ3n) is 2.85. The van der Waals surface area contributed by atoms with Crippen LogP contribution in [0, 0.1) is 5.82 Å². The minimum absolute atomic E-state index is 0.107. The molecule has 0 bridgehead atoms. The van der Waals surface area contributed by atoms with Crippen molar-refractivity contribution >= 4 is 28.9 Å². The molecule has 0 unspecified atom stereocenters. The second-order valence-corrected chi connectivity index (χ2v) is 5.01. The molecule has 0 saturated carbocycles. The molecule has 8 heteroatoms. The molecule has 1 amide bonds. The van der Waals surface area contributed by atoms with Crippen LogP contribution in [0.1, 0.15) is 5.56 Å². The summed E-state index contributed by atoms with van der Waals surface area (Å²) in [5.74, 6) is -0.929. The Labute approximate surface area is 134 Å². The fraction of sp³-hybridized carbons (Fsp3) is 0.133. The lowest BCUT2D eigenvalue weighted by Crippen LogP contribution is -2.22. The van der Waals surface area contributed by atoms with Gasteiger partial charge in [-0.25, -0.2) is 4.39 Å². The summed E-state index contributed by atoms with van der Waals surface area (Å²) in [5, 5.41) is 4.63. The number of amides is 1. The van der Waals surface area contributed by atoms with Gasteiger partial charge < -0.3 is 10.6 Å². The highest BCUT2D eigenvalue weighted by atomic mass is 35.5. The van der Waals surface area contributed by atoms with Crippen LogP contribution < -0.4 is 10.6 Å². The standard InChI is InChI=1S/C15H11ClF4N2O/c16-13-6-5-11(7-12(13)15(18,19)20)21-8-14(23)22-10-3-1-9(17)2-4-10/h1-7,21H,8H2,(H,22,23). The zero-order valence-corrected chi connectivity index (χ0v) is 12.3. The van der Waals surface area contributed by atoms with Crippen LogP contribution in [0.15, 0.2) is 42.5 Å². The Hall–Kier alpha value is -2.28. The third-order valence-corrected chi connectivity index (χ3v) is 3.18. The Morgan fingerprint density at radius 3 is 2.26 bits per heavy atom. The summed E-state index contributed by atoms with van der Waals surface area (Å²) >= 11 is 5.51. The topological polar surface area (TPSA) is 41.1 Å². The molecule has 3 nitrogen and oxygen atoms in total. The van der Waals surface area contributed by atoms with Crippen molar-refractivity contribution in [1.82, 2.24) is 0 Å². The number of hydrogen-bond donors (Lipinski definition) is 2. The Balaban J connectivity index is 1.98. The van der Waals surface area contributed by atoms with Crippen molar-refractivity contribution in [2.24, 2.45) is 0 Å². The first kappa shape index (κ1) is 17.1. The van der Waals surface area contributed by atoms with Gasteiger partial charge in [0.15, 0.2) is 0 Å². The molecule has 23 heavy (non-hydrogen) atoms. The van der Waals surface area contributed by atoms with E-state index in [4.69, 9.17) is 11.6 Å². The highest BCUT2D eigenvalue weighted by Gasteiger charge is 2.33. The van der Waals surface area contributed by atoms with E-state index in [9.17, 15) is 22.4 Å². The van der Waals surface area contributed by atoms with Crippen LogP contribution in [0.5, 0.6) is 0 Å². The normalized spacial score (nSPS) is 11.2. The van der Waals surface area contributed by atoms with E-state index in [-0.39, 0.29) is 12.2 Å². The molecule has 0 aromatic heterocycles. The maximum atomic E-state index is 12.7. The summed E-state index contributed by atoms with van der Waals surface area (Å²) in [6.07, 6.45) is -4.58. The Morgan fingerprint density at radius 1 is 1.04 bits per heavy atom. The quantitative estimate of drug-likeness (QED) is 0.797. The van der Waals surface area contributed by atoms with Crippen molar-refractivity contribution in [3.63, 3.8) is 0 Å². The average molecular weight is 347 g/mol. The molecule has 0 aliphatic carbocycles. The minimum Gasteiger partial charge on any atom is -0.376 e. The summed E-state index contributed by atoms with van der Waals surface area (Å²) in [5.41, 5.74) is -0.496. The lowest BCUT2D eigenvalue weighted by atomic mass is 10.2. The summed E-state index contributed by atoms with van der Waals surface area (Å²) in [4.78, 5) is 11.7. The van der Waals surface area contributed by atoms with E-state index in [1.54, 1.807) is 0 Å². The van der Waals surface area contributed by atoms with Gasteiger partial charge in [-0.2, -0.15) is 13.2 Å². The van der Waals surface area contributed by atoms with Gasteiger partial charge in [-0.15, -0.1) is 0 Å². The zero-order valence-electron chi connectivity index (χ0n) is 11.5. The van der Waals surface area contributed by atoms with E-state index in [0.717, 1.165) is 12.1 Å². The van der Waals surface area contributed by atoms with Crippen LogP contribution in [0.4, 0.5) is 28.9 Å². The largest absolute Gasteiger partial charge is 0.417 e. The molecule has 0 saturated heterocycles. The number of carbonyl (C=O) groups is 1. The average Bonchev–Trinajstić information content (AvgIpc) is 2.47. The number of alkyl halides is 3. The Bertz CT molecular complexity index is 702. The molecule has 0 fully saturated rings. The number of hydrogen-bond acceptors (Lipinski definition) is 2. The first-order valence-electron chi connectivity index (χ1n) is 6.42. The van der Waals surface area contributed by atoms with Crippen molar-refractivity contribution in [1.29, 1.82) is 0 Å². The molecule has 122 valence electrons. The maximum Gasteiger partial charge on any atom is 0.417 e. The minimum atomic E-state index is -4.58. The molecular formula is C15H11ClF4N2O. The number of rotatable bonds is 4. The molecule has 2 rings (SSSR count). The summed E-state index contributed by atoms with van der Waals surface area (Å²) < 4.78 is 50.9. The molecule has 2 N–H and O–H groups in total. The fourth-order valence-electron chi connectivity index (χ4n) is 1.77. The van der Waals surface area contributed by atoms with Gasteiger partial charge in [0.05, 0.1) is 17.1 Å². The molecule has 0 aliphatic rings. The van der Waals surface area contributed by atoms with Gasteiger partial charge in [0, 0.05) is 11.4 Å². The monoisotopic (exact) mass is 346 g/mol. The van der Waals surface area contributed by atoms with Crippen molar-refractivity contribution in [2.75, 3.05) is 17.2 Å². The first-order valence-corrected chi connectivity index (χ1v) is 6.79. The molecule has 2 aromatic carbocycles. The van der Waals surface area contributed by atoms with Gasteiger partial charge in [-0.1, -0.05) is 11.6 Å². The summed E-state index contributed by atoms with van der Waals surface area (Å²) in [6, 6.07) is 8.37. The maximum absolute atomic E-state index is 12.7. The molecular weight excluding hydrogens is 336 g/mol. The van der Waals surface area contributed by atoms with Crippen LogP contribution in [0.2, 0.25) is 5.02 Å². The number of nitrogens with one attached hydrogen (secondary N) is 2. The van der Waals surface area contributed by atoms with Crippen LogP contribution in [-0.4, -0.2) is 12.5 Å². The Morgan fingerprint density at radius 2 is 1.65 bits per heavy atom. The summed E-state index contributed by atoms with van der Waals surface area (Å²) in [6.45, 7) is -0.254. The molecule has 0 atom stereocenters. The van der Waals surface area contributed by atoms with Crippen molar-refractivity contribution in [2.45, 2.75) is 6.18 Å². The number of anilines is 2. The van der Waals surface area contributed by atoms with E-state index >= 15 is 0 Å². The molecule has 0 spiro atoms. The van der Waals surface area contributed by atoms with Gasteiger partial charge in [0.25, 0.3) is 0 Å².